The zero-order valence-corrected chi connectivity index (χ0v) is 6.74. The Hall–Kier alpha value is -0.310. The van der Waals surface area contributed by atoms with Gasteiger partial charge in [0.05, 0.1) is 12.0 Å². The first-order chi connectivity index (χ1) is 4.16. The fourth-order valence-electron chi connectivity index (χ4n) is 0.449. The number of nitrogens with one attached hydrogen (secondary N) is 1. The van der Waals surface area contributed by atoms with Gasteiger partial charge in [-0.15, -0.1) is 0 Å². The second-order valence-corrected chi connectivity index (χ2v) is 2.45. The van der Waals surface area contributed by atoms with Crippen LogP contribution in [-0.4, -0.2) is 12.0 Å². The van der Waals surface area contributed by atoms with Crippen molar-refractivity contribution >= 4 is 12.6 Å². The monoisotopic (exact) mass is 147 g/mol. The van der Waals surface area contributed by atoms with E-state index >= 15 is 0 Å². The lowest BCUT2D eigenvalue weighted by Crippen LogP contribution is -2.20. The Morgan fingerprint density at radius 2 is 2.44 bits per heavy atom. The van der Waals surface area contributed by atoms with Crippen LogP contribution in [0.4, 0.5) is 0 Å². The summed E-state index contributed by atoms with van der Waals surface area (Å²) in [5.74, 6) is 0.583. The topological polar surface area (TPSA) is 21.3 Å². The molecule has 1 N–H and O–H groups in total. The fourth-order valence-corrected chi connectivity index (χ4v) is 0.593. The molecule has 0 aromatic carbocycles. The van der Waals surface area contributed by atoms with E-state index in [-0.39, 0.29) is 5.37 Å². The van der Waals surface area contributed by atoms with Crippen molar-refractivity contribution in [2.75, 3.05) is 6.61 Å². The van der Waals surface area contributed by atoms with Gasteiger partial charge in [-0.05, 0) is 20.4 Å². The maximum Gasteiger partial charge on any atom is 0.179 e. The molecule has 0 rings (SSSR count). The summed E-state index contributed by atoms with van der Waals surface area (Å²) >= 11 is 4.08. The standard InChI is InChI=1S/C6H13NOS/c1-4-8-5(2)7-6(3)9/h6-7,9H,2,4H2,1,3H3. The zero-order valence-electron chi connectivity index (χ0n) is 5.85. The third kappa shape index (κ3) is 5.56. The minimum absolute atomic E-state index is 0.101. The fraction of sp³-hybridized carbons (Fsp3) is 0.667. The van der Waals surface area contributed by atoms with E-state index < -0.39 is 0 Å². The molecule has 0 aliphatic heterocycles. The molecule has 0 spiro atoms. The molecule has 0 aromatic rings. The molecule has 9 heavy (non-hydrogen) atoms. The third-order valence-electron chi connectivity index (χ3n) is 0.688. The predicted octanol–water partition coefficient (Wildman–Crippen LogP) is 1.36. The summed E-state index contributed by atoms with van der Waals surface area (Å²) in [4.78, 5) is 0. The third-order valence-corrected chi connectivity index (χ3v) is 0.818. The number of hydrogen-bond donors (Lipinski definition) is 2. The molecule has 0 aliphatic rings. The van der Waals surface area contributed by atoms with Crippen LogP contribution in [0.5, 0.6) is 0 Å². The van der Waals surface area contributed by atoms with Crippen LogP contribution in [0.25, 0.3) is 0 Å². The summed E-state index contributed by atoms with van der Waals surface area (Å²) < 4.78 is 5.00. The molecule has 0 heterocycles. The molecule has 0 bridgehead atoms. The van der Waals surface area contributed by atoms with Crippen LogP contribution >= 0.6 is 12.6 Å². The molecule has 2 nitrogen and oxygen atoms in total. The Morgan fingerprint density at radius 1 is 1.89 bits per heavy atom. The van der Waals surface area contributed by atoms with Crippen LogP contribution in [0.1, 0.15) is 13.8 Å². The number of thiol groups is 1. The van der Waals surface area contributed by atoms with Gasteiger partial charge in [0.15, 0.2) is 5.88 Å². The number of rotatable bonds is 4. The molecule has 0 saturated heterocycles. The van der Waals surface area contributed by atoms with Crippen molar-refractivity contribution in [3.63, 3.8) is 0 Å². The van der Waals surface area contributed by atoms with Crippen LogP contribution in [0.2, 0.25) is 0 Å². The van der Waals surface area contributed by atoms with Crippen LogP contribution in [0.3, 0.4) is 0 Å². The highest BCUT2D eigenvalue weighted by molar-refractivity contribution is 7.80. The van der Waals surface area contributed by atoms with Crippen molar-refractivity contribution in [1.82, 2.24) is 5.32 Å². The van der Waals surface area contributed by atoms with Crippen molar-refractivity contribution in [2.45, 2.75) is 19.2 Å². The van der Waals surface area contributed by atoms with E-state index in [4.69, 9.17) is 4.74 Å². The largest absolute Gasteiger partial charge is 0.480 e. The van der Waals surface area contributed by atoms with Gasteiger partial charge in [0.1, 0.15) is 0 Å². The maximum atomic E-state index is 5.00. The smallest absolute Gasteiger partial charge is 0.179 e. The van der Waals surface area contributed by atoms with E-state index in [9.17, 15) is 0 Å². The lowest BCUT2D eigenvalue weighted by Gasteiger charge is -2.11. The predicted molar refractivity (Wildman–Crippen MR) is 42.3 cm³/mol. The molecule has 54 valence electrons. The van der Waals surface area contributed by atoms with Crippen LogP contribution in [0.15, 0.2) is 12.5 Å². The molecular weight excluding hydrogens is 134 g/mol. The van der Waals surface area contributed by atoms with Crippen molar-refractivity contribution in [1.29, 1.82) is 0 Å². The summed E-state index contributed by atoms with van der Waals surface area (Å²) in [7, 11) is 0. The van der Waals surface area contributed by atoms with Gasteiger partial charge in [-0.3, -0.25) is 0 Å². The maximum absolute atomic E-state index is 5.00. The number of ether oxygens (including phenoxy) is 1. The van der Waals surface area contributed by atoms with Crippen molar-refractivity contribution in [2.24, 2.45) is 0 Å². The first-order valence-electron chi connectivity index (χ1n) is 2.93. The molecule has 1 atom stereocenters. The Kier molecular flexibility index (Phi) is 4.40. The molecule has 0 radical (unpaired) electrons. The van der Waals surface area contributed by atoms with Gasteiger partial charge in [0.25, 0.3) is 0 Å². The van der Waals surface area contributed by atoms with E-state index in [0.29, 0.717) is 12.5 Å². The lowest BCUT2D eigenvalue weighted by atomic mass is 10.7. The highest BCUT2D eigenvalue weighted by atomic mass is 32.1. The molecule has 3 heteroatoms. The lowest BCUT2D eigenvalue weighted by molar-refractivity contribution is 0.207. The van der Waals surface area contributed by atoms with Crippen LogP contribution in [-0.2, 0) is 4.74 Å². The summed E-state index contributed by atoms with van der Waals surface area (Å²) in [6, 6.07) is 0. The second kappa shape index (κ2) is 4.56. The molecule has 0 amide bonds. The first kappa shape index (κ1) is 8.69. The molecule has 0 fully saturated rings. The van der Waals surface area contributed by atoms with Gasteiger partial charge in [-0.2, -0.15) is 12.6 Å². The summed E-state index contributed by atoms with van der Waals surface area (Å²) in [5.41, 5.74) is 0. The van der Waals surface area contributed by atoms with Crippen molar-refractivity contribution in [3.05, 3.63) is 12.5 Å². The molecule has 0 aliphatic carbocycles. The molecule has 0 saturated carbocycles. The van der Waals surface area contributed by atoms with Crippen LogP contribution in [0, 0.1) is 0 Å². The average Bonchev–Trinajstić information content (AvgIpc) is 1.63. The minimum atomic E-state index is 0.101. The second-order valence-electron chi connectivity index (χ2n) is 1.68. The number of hydrogen-bond acceptors (Lipinski definition) is 3. The van der Waals surface area contributed by atoms with E-state index in [1.54, 1.807) is 0 Å². The first-order valence-corrected chi connectivity index (χ1v) is 3.44. The van der Waals surface area contributed by atoms with Gasteiger partial charge < -0.3 is 10.1 Å². The molecule has 1 unspecified atom stereocenters. The normalized spacial score (nSPS) is 12.3. The highest BCUT2D eigenvalue weighted by Crippen LogP contribution is 1.93. The summed E-state index contributed by atoms with van der Waals surface area (Å²) in [6.45, 7) is 8.07. The molecular formula is C6H13NOS. The minimum Gasteiger partial charge on any atom is -0.480 e. The quantitative estimate of drug-likeness (QED) is 0.356. The van der Waals surface area contributed by atoms with Gasteiger partial charge in [-0.1, -0.05) is 0 Å². The van der Waals surface area contributed by atoms with E-state index in [0.717, 1.165) is 0 Å². The summed E-state index contributed by atoms with van der Waals surface area (Å²) in [6.07, 6.45) is 0. The zero-order chi connectivity index (χ0) is 7.28. The Bertz CT molecular complexity index is 93.1. The van der Waals surface area contributed by atoms with Crippen molar-refractivity contribution in [3.8, 4) is 0 Å². The Labute approximate surface area is 61.7 Å². The SMILES string of the molecule is C=C(NC(C)S)OCC. The van der Waals surface area contributed by atoms with Crippen molar-refractivity contribution < 1.29 is 4.74 Å². The van der Waals surface area contributed by atoms with E-state index in [2.05, 4.69) is 24.5 Å². The average molecular weight is 147 g/mol. The van der Waals surface area contributed by atoms with E-state index in [1.165, 1.54) is 0 Å². The van der Waals surface area contributed by atoms with Gasteiger partial charge in [-0.25, -0.2) is 0 Å². The van der Waals surface area contributed by atoms with Gasteiger partial charge >= 0.3 is 0 Å². The van der Waals surface area contributed by atoms with E-state index in [1.807, 2.05) is 13.8 Å². The summed E-state index contributed by atoms with van der Waals surface area (Å²) in [5, 5.41) is 2.99. The molecule has 0 aromatic heterocycles. The van der Waals surface area contributed by atoms with Crippen LogP contribution < -0.4 is 5.32 Å². The van der Waals surface area contributed by atoms with Gasteiger partial charge in [0.2, 0.25) is 0 Å². The Morgan fingerprint density at radius 3 is 2.78 bits per heavy atom. The Balaban J connectivity index is 3.27. The highest BCUT2D eigenvalue weighted by Gasteiger charge is 1.93. The van der Waals surface area contributed by atoms with Gasteiger partial charge in [0, 0.05) is 0 Å².